The number of aliphatic hydroxyl groups is 1. The largest absolute Gasteiger partial charge is 0.444 e. The van der Waals surface area contributed by atoms with Crippen molar-refractivity contribution >= 4 is 6.09 Å². The summed E-state index contributed by atoms with van der Waals surface area (Å²) in [4.78, 5) is 14.0. The molecule has 1 rings (SSSR count). The van der Waals surface area contributed by atoms with Gasteiger partial charge in [0.05, 0.1) is 0 Å². The number of likely N-dealkylation sites (tertiary alicyclic amines) is 1. The molecule has 1 aliphatic heterocycles. The van der Waals surface area contributed by atoms with Gasteiger partial charge in [-0.3, -0.25) is 0 Å². The van der Waals surface area contributed by atoms with Crippen LogP contribution in [0.15, 0.2) is 0 Å². The molecule has 18 heavy (non-hydrogen) atoms. The second-order valence-electron chi connectivity index (χ2n) is 6.04. The second-order valence-corrected chi connectivity index (χ2v) is 6.04. The van der Waals surface area contributed by atoms with Crippen molar-refractivity contribution in [1.29, 1.82) is 0 Å². The number of amides is 1. The van der Waals surface area contributed by atoms with Gasteiger partial charge in [-0.2, -0.15) is 0 Å². The van der Waals surface area contributed by atoms with Gasteiger partial charge in [0.1, 0.15) is 5.60 Å². The number of hydrogen-bond donors (Lipinski definition) is 1. The summed E-state index contributed by atoms with van der Waals surface area (Å²) in [5.41, 5.74) is -0.426. The third kappa shape index (κ3) is 5.25. The lowest BCUT2D eigenvalue weighted by Gasteiger charge is -2.36. The van der Waals surface area contributed by atoms with E-state index in [2.05, 4.69) is 0 Å². The molecule has 4 heteroatoms. The van der Waals surface area contributed by atoms with Gasteiger partial charge in [-0.05, 0) is 59.3 Å². The maximum atomic E-state index is 12.1. The molecule has 1 aliphatic rings. The van der Waals surface area contributed by atoms with Gasteiger partial charge >= 0.3 is 6.09 Å². The first-order valence-corrected chi connectivity index (χ1v) is 7.04. The van der Waals surface area contributed by atoms with Gasteiger partial charge in [-0.25, -0.2) is 4.79 Å². The average Bonchev–Trinajstić information content (AvgIpc) is 2.27. The highest BCUT2D eigenvalue weighted by Gasteiger charge is 2.29. The average molecular weight is 257 g/mol. The standard InChI is InChI=1S/C14H27NO3/c1-14(2,3)18-13(17)15-10-6-4-8-12(15)9-5-7-11-16/h12,16H,4-11H2,1-3H3. The first-order chi connectivity index (χ1) is 8.44. The number of aliphatic hydroxyl groups excluding tert-OH is 1. The topological polar surface area (TPSA) is 49.8 Å². The Morgan fingerprint density at radius 1 is 1.33 bits per heavy atom. The molecule has 106 valence electrons. The molecule has 0 aromatic heterocycles. The highest BCUT2D eigenvalue weighted by Crippen LogP contribution is 2.23. The van der Waals surface area contributed by atoms with Crippen molar-refractivity contribution in [3.8, 4) is 0 Å². The van der Waals surface area contributed by atoms with E-state index in [1.165, 1.54) is 6.42 Å². The molecular formula is C14H27NO3. The molecule has 1 unspecified atom stereocenters. The maximum Gasteiger partial charge on any atom is 0.410 e. The zero-order chi connectivity index (χ0) is 13.6. The summed E-state index contributed by atoms with van der Waals surface area (Å²) in [5.74, 6) is 0. The molecule has 0 saturated carbocycles. The fourth-order valence-electron chi connectivity index (χ4n) is 2.35. The van der Waals surface area contributed by atoms with Crippen LogP contribution in [0.1, 0.15) is 59.3 Å². The summed E-state index contributed by atoms with van der Waals surface area (Å²) >= 11 is 0. The van der Waals surface area contributed by atoms with Crippen molar-refractivity contribution in [3.63, 3.8) is 0 Å². The molecule has 0 aliphatic carbocycles. The Morgan fingerprint density at radius 3 is 2.67 bits per heavy atom. The fourth-order valence-corrected chi connectivity index (χ4v) is 2.35. The molecule has 1 heterocycles. The molecule has 1 atom stereocenters. The predicted octanol–water partition coefficient (Wildman–Crippen LogP) is 2.94. The van der Waals surface area contributed by atoms with Crippen molar-refractivity contribution in [1.82, 2.24) is 4.90 Å². The van der Waals surface area contributed by atoms with Crippen LogP contribution in [0.25, 0.3) is 0 Å². The molecule has 1 saturated heterocycles. The Kier molecular flexibility index (Phi) is 5.93. The summed E-state index contributed by atoms with van der Waals surface area (Å²) in [6.07, 6.45) is 5.89. The van der Waals surface area contributed by atoms with E-state index in [0.29, 0.717) is 6.04 Å². The minimum atomic E-state index is -0.426. The molecule has 1 fully saturated rings. The van der Waals surface area contributed by atoms with Crippen LogP contribution in [-0.4, -0.2) is 40.9 Å². The van der Waals surface area contributed by atoms with E-state index in [9.17, 15) is 4.79 Å². The number of hydrogen-bond acceptors (Lipinski definition) is 3. The highest BCUT2D eigenvalue weighted by atomic mass is 16.6. The fraction of sp³-hybridized carbons (Fsp3) is 0.929. The Hall–Kier alpha value is -0.770. The third-order valence-corrected chi connectivity index (χ3v) is 3.20. The van der Waals surface area contributed by atoms with Gasteiger partial charge in [0.2, 0.25) is 0 Å². The van der Waals surface area contributed by atoms with E-state index in [1.54, 1.807) is 0 Å². The van der Waals surface area contributed by atoms with Crippen LogP contribution < -0.4 is 0 Å². The smallest absolute Gasteiger partial charge is 0.410 e. The number of piperidine rings is 1. The first-order valence-electron chi connectivity index (χ1n) is 7.04. The Morgan fingerprint density at radius 2 is 2.06 bits per heavy atom. The number of carbonyl (C=O) groups excluding carboxylic acids is 1. The van der Waals surface area contributed by atoms with Gasteiger partial charge in [-0.1, -0.05) is 0 Å². The predicted molar refractivity (Wildman–Crippen MR) is 71.5 cm³/mol. The van der Waals surface area contributed by atoms with E-state index >= 15 is 0 Å². The summed E-state index contributed by atoms with van der Waals surface area (Å²) in [5, 5.41) is 8.82. The van der Waals surface area contributed by atoms with Crippen LogP contribution in [0.5, 0.6) is 0 Å². The van der Waals surface area contributed by atoms with E-state index in [1.807, 2.05) is 25.7 Å². The number of nitrogens with zero attached hydrogens (tertiary/aromatic N) is 1. The molecule has 0 bridgehead atoms. The van der Waals surface area contributed by atoms with Gasteiger partial charge < -0.3 is 14.7 Å². The molecule has 1 N–H and O–H groups in total. The highest BCUT2D eigenvalue weighted by molar-refractivity contribution is 5.68. The Balaban J connectivity index is 2.50. The lowest BCUT2D eigenvalue weighted by Crippen LogP contribution is -2.46. The van der Waals surface area contributed by atoms with Crippen molar-refractivity contribution in [2.45, 2.75) is 70.9 Å². The van der Waals surface area contributed by atoms with Gasteiger partial charge in [0, 0.05) is 19.2 Å². The van der Waals surface area contributed by atoms with Crippen LogP contribution in [-0.2, 0) is 4.74 Å². The van der Waals surface area contributed by atoms with Crippen LogP contribution in [0.3, 0.4) is 0 Å². The number of unbranched alkanes of at least 4 members (excludes halogenated alkanes) is 1. The quantitative estimate of drug-likeness (QED) is 0.788. The number of rotatable bonds is 4. The van der Waals surface area contributed by atoms with Crippen molar-refractivity contribution < 1.29 is 14.6 Å². The van der Waals surface area contributed by atoms with E-state index in [0.717, 1.165) is 38.6 Å². The van der Waals surface area contributed by atoms with E-state index in [4.69, 9.17) is 9.84 Å². The SMILES string of the molecule is CC(C)(C)OC(=O)N1CCCCC1CCCCO. The van der Waals surface area contributed by atoms with Crippen LogP contribution >= 0.6 is 0 Å². The second kappa shape index (κ2) is 6.98. The summed E-state index contributed by atoms with van der Waals surface area (Å²) in [6.45, 7) is 6.73. The molecule has 0 spiro atoms. The number of carbonyl (C=O) groups is 1. The van der Waals surface area contributed by atoms with E-state index in [-0.39, 0.29) is 12.7 Å². The molecule has 0 aromatic carbocycles. The Labute approximate surface area is 110 Å². The molecule has 0 aromatic rings. The lowest BCUT2D eigenvalue weighted by molar-refractivity contribution is 0.00850. The lowest BCUT2D eigenvalue weighted by atomic mass is 9.98. The zero-order valence-electron chi connectivity index (χ0n) is 11.9. The maximum absolute atomic E-state index is 12.1. The molecule has 1 amide bonds. The van der Waals surface area contributed by atoms with Gasteiger partial charge in [-0.15, -0.1) is 0 Å². The minimum Gasteiger partial charge on any atom is -0.444 e. The van der Waals surface area contributed by atoms with Gasteiger partial charge in [0.15, 0.2) is 0 Å². The van der Waals surface area contributed by atoms with Crippen LogP contribution in [0, 0.1) is 0 Å². The van der Waals surface area contributed by atoms with Crippen molar-refractivity contribution in [2.24, 2.45) is 0 Å². The minimum absolute atomic E-state index is 0.184. The molecule has 0 radical (unpaired) electrons. The van der Waals surface area contributed by atoms with Crippen LogP contribution in [0.2, 0.25) is 0 Å². The van der Waals surface area contributed by atoms with E-state index < -0.39 is 5.60 Å². The van der Waals surface area contributed by atoms with Crippen molar-refractivity contribution in [2.75, 3.05) is 13.2 Å². The third-order valence-electron chi connectivity index (χ3n) is 3.20. The molecule has 4 nitrogen and oxygen atoms in total. The normalized spacial score (nSPS) is 20.9. The summed E-state index contributed by atoms with van der Waals surface area (Å²) < 4.78 is 5.45. The van der Waals surface area contributed by atoms with Crippen LogP contribution in [0.4, 0.5) is 4.79 Å². The Bertz CT molecular complexity index is 260. The zero-order valence-corrected chi connectivity index (χ0v) is 11.9. The number of ether oxygens (including phenoxy) is 1. The van der Waals surface area contributed by atoms with Crippen molar-refractivity contribution in [3.05, 3.63) is 0 Å². The summed E-state index contributed by atoms with van der Waals surface area (Å²) in [7, 11) is 0. The molecular weight excluding hydrogens is 230 g/mol. The summed E-state index contributed by atoms with van der Waals surface area (Å²) in [6, 6.07) is 0.292. The van der Waals surface area contributed by atoms with Gasteiger partial charge in [0.25, 0.3) is 0 Å². The first kappa shape index (κ1) is 15.3. The monoisotopic (exact) mass is 257 g/mol.